The molecule has 0 unspecified atom stereocenters. The van der Waals surface area contributed by atoms with E-state index in [0.717, 1.165) is 18.3 Å². The lowest BCUT2D eigenvalue weighted by atomic mass is 10.1. The van der Waals surface area contributed by atoms with Crippen LogP contribution in [0.25, 0.3) is 0 Å². The molecule has 0 aliphatic heterocycles. The molecule has 0 spiro atoms. The lowest BCUT2D eigenvalue weighted by Gasteiger charge is -2.24. The predicted molar refractivity (Wildman–Crippen MR) is 69.6 cm³/mol. The Labute approximate surface area is 102 Å². The fraction of sp³-hybridized carbons (Fsp3) is 0.538. The Morgan fingerprint density at radius 3 is 2.69 bits per heavy atom. The first-order valence-electron chi connectivity index (χ1n) is 5.91. The smallest absolute Gasteiger partial charge is 0.0426 e. The monoisotopic (exact) mass is 238 g/mol. The molecule has 0 heterocycles. The number of rotatable bonds is 3. The topological polar surface area (TPSA) is 29.3 Å². The largest absolute Gasteiger partial charge is 0.398 e. The highest BCUT2D eigenvalue weighted by atomic mass is 35.5. The van der Waals surface area contributed by atoms with Crippen molar-refractivity contribution in [1.82, 2.24) is 4.90 Å². The fourth-order valence-corrected chi connectivity index (χ4v) is 2.63. The van der Waals surface area contributed by atoms with E-state index in [1.807, 2.05) is 18.2 Å². The Hall–Kier alpha value is -0.730. The molecule has 0 radical (unpaired) electrons. The molecule has 1 aliphatic carbocycles. The molecule has 0 atom stereocenters. The number of hydrogen-bond donors (Lipinski definition) is 1. The minimum absolute atomic E-state index is 0.713. The van der Waals surface area contributed by atoms with Gasteiger partial charge in [0, 0.05) is 23.3 Å². The maximum atomic E-state index is 5.96. The minimum atomic E-state index is 0.713. The summed E-state index contributed by atoms with van der Waals surface area (Å²) < 4.78 is 0. The number of nitrogen functional groups attached to an aromatic ring is 1. The molecule has 3 heteroatoms. The van der Waals surface area contributed by atoms with Crippen LogP contribution in [-0.4, -0.2) is 18.0 Å². The van der Waals surface area contributed by atoms with E-state index < -0.39 is 0 Å². The second-order valence-electron chi connectivity index (χ2n) is 4.70. The summed E-state index contributed by atoms with van der Waals surface area (Å²) in [5.41, 5.74) is 7.94. The van der Waals surface area contributed by atoms with Gasteiger partial charge < -0.3 is 5.73 Å². The van der Waals surface area contributed by atoms with E-state index in [0.29, 0.717) is 5.02 Å². The lowest BCUT2D eigenvalue weighted by Crippen LogP contribution is -2.28. The van der Waals surface area contributed by atoms with Crippen molar-refractivity contribution < 1.29 is 0 Å². The Bertz CT molecular complexity index is 359. The van der Waals surface area contributed by atoms with E-state index in [2.05, 4.69) is 11.9 Å². The Morgan fingerprint density at radius 2 is 2.06 bits per heavy atom. The van der Waals surface area contributed by atoms with Crippen molar-refractivity contribution >= 4 is 17.3 Å². The molecule has 0 saturated heterocycles. The van der Waals surface area contributed by atoms with Gasteiger partial charge in [0.05, 0.1) is 0 Å². The van der Waals surface area contributed by atoms with Gasteiger partial charge in [0.15, 0.2) is 0 Å². The second-order valence-corrected chi connectivity index (χ2v) is 5.13. The van der Waals surface area contributed by atoms with Gasteiger partial charge in [0.2, 0.25) is 0 Å². The summed E-state index contributed by atoms with van der Waals surface area (Å²) in [4.78, 5) is 2.41. The third-order valence-corrected chi connectivity index (χ3v) is 3.71. The van der Waals surface area contributed by atoms with E-state index in [-0.39, 0.29) is 0 Å². The summed E-state index contributed by atoms with van der Waals surface area (Å²) in [6, 6.07) is 6.51. The summed E-state index contributed by atoms with van der Waals surface area (Å²) in [6.45, 7) is 0.924. The summed E-state index contributed by atoms with van der Waals surface area (Å²) in [7, 11) is 2.18. The van der Waals surface area contributed by atoms with Crippen molar-refractivity contribution in [2.24, 2.45) is 0 Å². The van der Waals surface area contributed by atoms with Gasteiger partial charge in [-0.25, -0.2) is 0 Å². The molecule has 2 rings (SSSR count). The van der Waals surface area contributed by atoms with Crippen molar-refractivity contribution in [3.63, 3.8) is 0 Å². The summed E-state index contributed by atoms with van der Waals surface area (Å²) in [6.07, 6.45) is 5.38. The summed E-state index contributed by atoms with van der Waals surface area (Å²) in [5.74, 6) is 0. The van der Waals surface area contributed by atoms with Crippen molar-refractivity contribution in [2.75, 3.05) is 12.8 Å². The van der Waals surface area contributed by atoms with Gasteiger partial charge >= 0.3 is 0 Å². The molecule has 16 heavy (non-hydrogen) atoms. The van der Waals surface area contributed by atoms with Crippen molar-refractivity contribution in [1.29, 1.82) is 0 Å². The highest BCUT2D eigenvalue weighted by molar-refractivity contribution is 6.30. The van der Waals surface area contributed by atoms with Gasteiger partial charge in [-0.1, -0.05) is 30.5 Å². The minimum Gasteiger partial charge on any atom is -0.398 e. The van der Waals surface area contributed by atoms with Crippen LogP contribution in [0.2, 0.25) is 5.02 Å². The Morgan fingerprint density at radius 1 is 1.38 bits per heavy atom. The molecule has 1 aliphatic rings. The standard InChI is InChI=1S/C13H19ClN2/c1-16(12-4-2-3-5-12)9-10-6-7-11(14)8-13(10)15/h6-8,12H,2-5,9,15H2,1H3. The van der Waals surface area contributed by atoms with Crippen LogP contribution in [0.4, 0.5) is 5.69 Å². The highest BCUT2D eigenvalue weighted by Gasteiger charge is 2.19. The summed E-state index contributed by atoms with van der Waals surface area (Å²) in [5, 5.41) is 0.713. The first-order chi connectivity index (χ1) is 7.66. The van der Waals surface area contributed by atoms with Crippen LogP contribution >= 0.6 is 11.6 Å². The highest BCUT2D eigenvalue weighted by Crippen LogP contribution is 2.25. The van der Waals surface area contributed by atoms with Gasteiger partial charge in [-0.3, -0.25) is 4.90 Å². The molecular formula is C13H19ClN2. The predicted octanol–water partition coefficient (Wildman–Crippen LogP) is 3.30. The third kappa shape index (κ3) is 2.69. The van der Waals surface area contributed by atoms with E-state index in [4.69, 9.17) is 17.3 Å². The number of hydrogen-bond acceptors (Lipinski definition) is 2. The SMILES string of the molecule is CN(Cc1ccc(Cl)cc1N)C1CCCC1. The number of halogens is 1. The van der Waals surface area contributed by atoms with E-state index in [1.54, 1.807) is 0 Å². The molecule has 88 valence electrons. The van der Waals surface area contributed by atoms with Gasteiger partial charge in [0.25, 0.3) is 0 Å². The third-order valence-electron chi connectivity index (χ3n) is 3.48. The normalized spacial score (nSPS) is 17.2. The Balaban J connectivity index is 2.02. The zero-order chi connectivity index (χ0) is 11.5. The molecule has 0 bridgehead atoms. The lowest BCUT2D eigenvalue weighted by molar-refractivity contribution is 0.238. The molecule has 1 saturated carbocycles. The molecule has 0 amide bonds. The van der Waals surface area contributed by atoms with Crippen molar-refractivity contribution in [2.45, 2.75) is 38.3 Å². The number of nitrogens with zero attached hydrogens (tertiary/aromatic N) is 1. The van der Waals surface area contributed by atoms with E-state index in [1.165, 1.54) is 31.2 Å². The zero-order valence-corrected chi connectivity index (χ0v) is 10.5. The van der Waals surface area contributed by atoms with Gasteiger partial charge in [0.1, 0.15) is 0 Å². The molecule has 0 aromatic heterocycles. The molecule has 1 fully saturated rings. The molecule has 1 aromatic rings. The molecular weight excluding hydrogens is 220 g/mol. The maximum Gasteiger partial charge on any atom is 0.0426 e. The maximum absolute atomic E-state index is 5.96. The molecule has 2 nitrogen and oxygen atoms in total. The van der Waals surface area contributed by atoms with Crippen LogP contribution in [0.1, 0.15) is 31.2 Å². The van der Waals surface area contributed by atoms with Crippen LogP contribution in [-0.2, 0) is 6.54 Å². The zero-order valence-electron chi connectivity index (χ0n) is 9.75. The quantitative estimate of drug-likeness (QED) is 0.819. The van der Waals surface area contributed by atoms with Crippen LogP contribution in [0.15, 0.2) is 18.2 Å². The average molecular weight is 239 g/mol. The van der Waals surface area contributed by atoms with Gasteiger partial charge in [-0.05, 0) is 37.6 Å². The van der Waals surface area contributed by atoms with Gasteiger partial charge in [-0.15, -0.1) is 0 Å². The van der Waals surface area contributed by atoms with E-state index in [9.17, 15) is 0 Å². The Kier molecular flexibility index (Phi) is 3.72. The summed E-state index contributed by atoms with van der Waals surface area (Å²) >= 11 is 5.89. The first-order valence-corrected chi connectivity index (χ1v) is 6.29. The molecule has 2 N–H and O–H groups in total. The van der Waals surface area contributed by atoms with Crippen LogP contribution in [0.5, 0.6) is 0 Å². The average Bonchev–Trinajstić information content (AvgIpc) is 2.75. The number of benzene rings is 1. The van der Waals surface area contributed by atoms with Gasteiger partial charge in [-0.2, -0.15) is 0 Å². The second kappa shape index (κ2) is 5.07. The van der Waals surface area contributed by atoms with Crippen molar-refractivity contribution in [3.8, 4) is 0 Å². The van der Waals surface area contributed by atoms with Crippen molar-refractivity contribution in [3.05, 3.63) is 28.8 Å². The number of nitrogens with two attached hydrogens (primary N) is 1. The van der Waals surface area contributed by atoms with Crippen LogP contribution < -0.4 is 5.73 Å². The van der Waals surface area contributed by atoms with E-state index >= 15 is 0 Å². The molecule has 1 aromatic carbocycles. The van der Waals surface area contributed by atoms with Crippen LogP contribution in [0, 0.1) is 0 Å². The number of anilines is 1. The fourth-order valence-electron chi connectivity index (χ4n) is 2.45. The van der Waals surface area contributed by atoms with Crippen LogP contribution in [0.3, 0.4) is 0 Å². The first kappa shape index (κ1) is 11.7.